The van der Waals surface area contributed by atoms with Crippen LogP contribution in [0.25, 0.3) is 0 Å². The molecule has 1 aliphatic heterocycles. The number of nitrogens with zero attached hydrogens (tertiary/aromatic N) is 4. The minimum atomic E-state index is 0.0602. The molecule has 6 heteroatoms. The van der Waals surface area contributed by atoms with Crippen molar-refractivity contribution in [2.75, 3.05) is 37.8 Å². The molecular formula is C10H15N5O. The van der Waals surface area contributed by atoms with E-state index < -0.39 is 0 Å². The number of nitrogen functional groups attached to an aromatic ring is 1. The zero-order valence-electron chi connectivity index (χ0n) is 9.47. The molecule has 86 valence electrons. The van der Waals surface area contributed by atoms with E-state index in [9.17, 15) is 4.79 Å². The highest BCUT2D eigenvalue weighted by Gasteiger charge is 2.25. The summed E-state index contributed by atoms with van der Waals surface area (Å²) in [6.07, 6.45) is 2.25. The predicted octanol–water partition coefficient (Wildman–Crippen LogP) is -0.490. The third-order valence-corrected chi connectivity index (χ3v) is 2.71. The molecule has 0 atom stereocenters. The molecule has 1 aromatic rings. The second-order valence-electron chi connectivity index (χ2n) is 4.02. The number of hydrogen-bond donors (Lipinski definition) is 1. The third-order valence-electron chi connectivity index (χ3n) is 2.71. The number of anilines is 2. The largest absolute Gasteiger partial charge is 0.383 e. The highest BCUT2D eigenvalue weighted by Crippen LogP contribution is 2.27. The Morgan fingerprint density at radius 3 is 3.00 bits per heavy atom. The van der Waals surface area contributed by atoms with E-state index in [1.807, 2.05) is 4.90 Å². The van der Waals surface area contributed by atoms with Crippen molar-refractivity contribution in [1.82, 2.24) is 14.9 Å². The van der Waals surface area contributed by atoms with E-state index in [1.54, 1.807) is 19.0 Å². The van der Waals surface area contributed by atoms with Crippen LogP contribution in [0.4, 0.5) is 11.6 Å². The molecule has 0 bridgehead atoms. The van der Waals surface area contributed by atoms with Crippen LogP contribution < -0.4 is 10.6 Å². The van der Waals surface area contributed by atoms with Crippen LogP contribution in [0.5, 0.6) is 0 Å². The average Bonchev–Trinajstić information content (AvgIpc) is 2.63. The Morgan fingerprint density at radius 2 is 2.31 bits per heavy atom. The fourth-order valence-corrected chi connectivity index (χ4v) is 1.74. The zero-order chi connectivity index (χ0) is 11.7. The molecule has 1 amide bonds. The normalized spacial score (nSPS) is 13.8. The smallest absolute Gasteiger partial charge is 0.241 e. The second kappa shape index (κ2) is 3.96. The van der Waals surface area contributed by atoms with Gasteiger partial charge in [-0.2, -0.15) is 0 Å². The Bertz CT molecular complexity index is 418. The topological polar surface area (TPSA) is 75.4 Å². The Labute approximate surface area is 94.1 Å². The van der Waals surface area contributed by atoms with Crippen LogP contribution in [-0.4, -0.2) is 48.0 Å². The molecule has 1 aromatic heterocycles. The first-order chi connectivity index (χ1) is 7.59. The molecule has 6 nitrogen and oxygen atoms in total. The number of hydrogen-bond acceptors (Lipinski definition) is 5. The monoisotopic (exact) mass is 221 g/mol. The first-order valence-corrected chi connectivity index (χ1v) is 5.14. The molecule has 0 unspecified atom stereocenters. The van der Waals surface area contributed by atoms with Gasteiger partial charge in [0.15, 0.2) is 0 Å². The minimum absolute atomic E-state index is 0.0602. The van der Waals surface area contributed by atoms with E-state index in [2.05, 4.69) is 9.97 Å². The highest BCUT2D eigenvalue weighted by atomic mass is 16.2. The van der Waals surface area contributed by atoms with Gasteiger partial charge in [-0.25, -0.2) is 9.97 Å². The minimum Gasteiger partial charge on any atom is -0.383 e. The van der Waals surface area contributed by atoms with Crippen LogP contribution >= 0.6 is 0 Å². The van der Waals surface area contributed by atoms with Crippen molar-refractivity contribution < 1.29 is 4.79 Å². The van der Waals surface area contributed by atoms with Gasteiger partial charge in [0.2, 0.25) is 5.91 Å². The van der Waals surface area contributed by atoms with Crippen molar-refractivity contribution in [2.45, 2.75) is 6.42 Å². The lowest BCUT2D eigenvalue weighted by Gasteiger charge is -2.19. The summed E-state index contributed by atoms with van der Waals surface area (Å²) in [4.78, 5) is 23.2. The lowest BCUT2D eigenvalue weighted by molar-refractivity contribution is -0.127. The summed E-state index contributed by atoms with van der Waals surface area (Å²) in [5.41, 5.74) is 6.70. The molecule has 0 radical (unpaired) electrons. The molecule has 2 N–H and O–H groups in total. The molecule has 2 rings (SSSR count). The van der Waals surface area contributed by atoms with Crippen molar-refractivity contribution in [3.63, 3.8) is 0 Å². The van der Waals surface area contributed by atoms with Crippen molar-refractivity contribution >= 4 is 17.5 Å². The summed E-state index contributed by atoms with van der Waals surface area (Å²) >= 11 is 0. The molecular weight excluding hydrogens is 206 g/mol. The Hall–Kier alpha value is -1.85. The summed E-state index contributed by atoms with van der Waals surface area (Å²) in [7, 11) is 3.49. The van der Waals surface area contributed by atoms with E-state index >= 15 is 0 Å². The van der Waals surface area contributed by atoms with Crippen LogP contribution in [-0.2, 0) is 11.2 Å². The van der Waals surface area contributed by atoms with Gasteiger partial charge in [-0.3, -0.25) is 4.79 Å². The number of carbonyl (C=O) groups excluding carboxylic acids is 1. The van der Waals surface area contributed by atoms with Crippen molar-refractivity contribution in [3.8, 4) is 0 Å². The maximum Gasteiger partial charge on any atom is 0.241 e. The molecule has 16 heavy (non-hydrogen) atoms. The van der Waals surface area contributed by atoms with Crippen molar-refractivity contribution in [1.29, 1.82) is 0 Å². The Balaban J connectivity index is 2.18. The van der Waals surface area contributed by atoms with Crippen LogP contribution in [0.3, 0.4) is 0 Å². The second-order valence-corrected chi connectivity index (χ2v) is 4.02. The van der Waals surface area contributed by atoms with Crippen LogP contribution in [0.2, 0.25) is 0 Å². The van der Waals surface area contributed by atoms with E-state index in [0.29, 0.717) is 12.4 Å². The summed E-state index contributed by atoms with van der Waals surface area (Å²) in [6, 6.07) is 0. The van der Waals surface area contributed by atoms with Gasteiger partial charge in [-0.15, -0.1) is 0 Å². The van der Waals surface area contributed by atoms with E-state index in [4.69, 9.17) is 5.73 Å². The Morgan fingerprint density at radius 1 is 1.56 bits per heavy atom. The number of carbonyl (C=O) groups is 1. The fourth-order valence-electron chi connectivity index (χ4n) is 1.74. The maximum atomic E-state index is 11.6. The predicted molar refractivity (Wildman–Crippen MR) is 61.1 cm³/mol. The molecule has 0 spiro atoms. The third kappa shape index (κ3) is 1.78. The van der Waals surface area contributed by atoms with Crippen molar-refractivity contribution in [2.24, 2.45) is 0 Å². The number of likely N-dealkylation sites (N-methyl/N-ethyl adjacent to an activating group) is 1. The number of fused-ring (bicyclic) bond motifs is 1. The average molecular weight is 221 g/mol. The number of rotatable bonds is 2. The highest BCUT2D eigenvalue weighted by molar-refractivity contribution is 5.81. The molecule has 0 saturated carbocycles. The van der Waals surface area contributed by atoms with Crippen molar-refractivity contribution in [3.05, 3.63) is 11.9 Å². The molecule has 0 aromatic carbocycles. The molecule has 1 aliphatic rings. The number of amides is 1. The standard InChI is InChI=1S/C10H15N5O/c1-14(2)8(16)5-15-4-3-7-9(11)12-6-13-10(7)15/h6H,3-5H2,1-2H3,(H2,11,12,13). The van der Waals surface area contributed by atoms with Crippen LogP contribution in [0, 0.1) is 0 Å². The molecule has 0 saturated heterocycles. The van der Waals surface area contributed by atoms with Gasteiger partial charge in [0.1, 0.15) is 18.0 Å². The van der Waals surface area contributed by atoms with E-state index in [1.165, 1.54) is 6.33 Å². The fraction of sp³-hybridized carbons (Fsp3) is 0.500. The van der Waals surface area contributed by atoms with Gasteiger partial charge in [0, 0.05) is 26.2 Å². The van der Waals surface area contributed by atoms with Gasteiger partial charge in [0.05, 0.1) is 6.54 Å². The van der Waals surface area contributed by atoms with Gasteiger partial charge in [0.25, 0.3) is 0 Å². The van der Waals surface area contributed by atoms with Gasteiger partial charge >= 0.3 is 0 Å². The molecule has 2 heterocycles. The zero-order valence-corrected chi connectivity index (χ0v) is 9.47. The lowest BCUT2D eigenvalue weighted by atomic mass is 10.2. The summed E-state index contributed by atoms with van der Waals surface area (Å²) < 4.78 is 0. The van der Waals surface area contributed by atoms with Crippen LogP contribution in [0.1, 0.15) is 5.56 Å². The molecule has 0 aliphatic carbocycles. The first kappa shape index (κ1) is 10.7. The summed E-state index contributed by atoms with van der Waals surface area (Å²) in [5.74, 6) is 1.37. The lowest BCUT2D eigenvalue weighted by Crippen LogP contribution is -2.36. The Kier molecular flexibility index (Phi) is 2.64. The SMILES string of the molecule is CN(C)C(=O)CN1CCc2c(N)ncnc21. The van der Waals surface area contributed by atoms with Crippen LogP contribution in [0.15, 0.2) is 6.33 Å². The number of nitrogens with two attached hydrogens (primary N) is 1. The van der Waals surface area contributed by atoms with Gasteiger partial charge in [-0.05, 0) is 6.42 Å². The van der Waals surface area contributed by atoms with Gasteiger partial charge < -0.3 is 15.5 Å². The molecule has 0 fully saturated rings. The maximum absolute atomic E-state index is 11.6. The number of aromatic nitrogens is 2. The van der Waals surface area contributed by atoms with E-state index in [-0.39, 0.29) is 5.91 Å². The quantitative estimate of drug-likeness (QED) is 0.729. The first-order valence-electron chi connectivity index (χ1n) is 5.14. The van der Waals surface area contributed by atoms with E-state index in [0.717, 1.165) is 24.3 Å². The van der Waals surface area contributed by atoms with Gasteiger partial charge in [-0.1, -0.05) is 0 Å². The summed E-state index contributed by atoms with van der Waals surface area (Å²) in [5, 5.41) is 0. The summed E-state index contributed by atoms with van der Waals surface area (Å²) in [6.45, 7) is 1.12.